The van der Waals surface area contributed by atoms with Crippen LogP contribution in [0.25, 0.3) is 0 Å². The lowest BCUT2D eigenvalue weighted by atomic mass is 9.79. The number of aromatic carboxylic acids is 1. The summed E-state index contributed by atoms with van der Waals surface area (Å²) in [6, 6.07) is 7.50. The third kappa shape index (κ3) is 4.44. The molecule has 2 rings (SSSR count). The first-order chi connectivity index (χ1) is 12.7. The summed E-state index contributed by atoms with van der Waals surface area (Å²) >= 11 is 0. The average molecular weight is 384 g/mol. The minimum atomic E-state index is -1.11. The van der Waals surface area contributed by atoms with Crippen LogP contribution < -0.4 is 11.1 Å². The molecular formula is C22H28N2O4. The molecule has 28 heavy (non-hydrogen) atoms. The summed E-state index contributed by atoms with van der Waals surface area (Å²) in [6.07, 6.45) is 0. The number of carbonyl (C=O) groups excluding carboxylic acids is 1. The maximum Gasteiger partial charge on any atom is 0.335 e. The van der Waals surface area contributed by atoms with Crippen LogP contribution in [-0.4, -0.2) is 22.1 Å². The van der Waals surface area contributed by atoms with Crippen molar-refractivity contribution >= 4 is 23.3 Å². The number of carboxylic acid groups (broad SMARTS) is 1. The van der Waals surface area contributed by atoms with E-state index < -0.39 is 11.9 Å². The van der Waals surface area contributed by atoms with Crippen molar-refractivity contribution in [3.63, 3.8) is 0 Å². The Hall–Kier alpha value is -3.02. The molecular weight excluding hydrogens is 356 g/mol. The average Bonchev–Trinajstić information content (AvgIpc) is 2.53. The second-order valence-electron chi connectivity index (χ2n) is 8.98. The predicted octanol–water partition coefficient (Wildman–Crippen LogP) is 4.52. The smallest absolute Gasteiger partial charge is 0.335 e. The van der Waals surface area contributed by atoms with Gasteiger partial charge >= 0.3 is 5.97 Å². The highest BCUT2D eigenvalue weighted by atomic mass is 16.4. The van der Waals surface area contributed by atoms with Crippen LogP contribution in [0.5, 0.6) is 5.75 Å². The van der Waals surface area contributed by atoms with E-state index in [1.165, 1.54) is 18.2 Å². The maximum atomic E-state index is 12.7. The number of amides is 1. The van der Waals surface area contributed by atoms with E-state index in [-0.39, 0.29) is 33.4 Å². The molecule has 0 atom stereocenters. The lowest BCUT2D eigenvalue weighted by Gasteiger charge is -2.28. The van der Waals surface area contributed by atoms with Gasteiger partial charge in [-0.15, -0.1) is 0 Å². The van der Waals surface area contributed by atoms with E-state index in [9.17, 15) is 14.7 Å². The number of phenols is 1. The molecule has 0 aliphatic carbocycles. The number of hydrogen-bond acceptors (Lipinski definition) is 4. The zero-order chi connectivity index (χ0) is 21.4. The number of aromatic hydroxyl groups is 1. The summed E-state index contributed by atoms with van der Waals surface area (Å²) < 4.78 is 0. The first-order valence-corrected chi connectivity index (χ1v) is 9.04. The van der Waals surface area contributed by atoms with E-state index in [0.717, 1.165) is 11.1 Å². The van der Waals surface area contributed by atoms with E-state index in [1.807, 2.05) is 41.5 Å². The highest BCUT2D eigenvalue weighted by molar-refractivity contribution is 6.08. The Kier molecular flexibility index (Phi) is 5.46. The number of carboxylic acids is 1. The first-order valence-electron chi connectivity index (χ1n) is 9.04. The summed E-state index contributed by atoms with van der Waals surface area (Å²) in [7, 11) is 0. The minimum absolute atomic E-state index is 0.0173. The molecule has 2 aromatic carbocycles. The molecule has 0 aliphatic rings. The van der Waals surface area contributed by atoms with Crippen molar-refractivity contribution in [1.82, 2.24) is 0 Å². The molecule has 0 spiro atoms. The molecule has 2 aromatic rings. The third-order valence-electron chi connectivity index (χ3n) is 4.53. The third-order valence-corrected chi connectivity index (χ3v) is 4.53. The number of anilines is 2. The van der Waals surface area contributed by atoms with E-state index in [0.29, 0.717) is 5.69 Å². The van der Waals surface area contributed by atoms with Gasteiger partial charge in [0.25, 0.3) is 5.91 Å². The van der Waals surface area contributed by atoms with Crippen LogP contribution in [0.4, 0.5) is 11.4 Å². The monoisotopic (exact) mass is 384 g/mol. The van der Waals surface area contributed by atoms with Gasteiger partial charge < -0.3 is 21.3 Å². The van der Waals surface area contributed by atoms with Crippen molar-refractivity contribution in [2.75, 3.05) is 11.1 Å². The molecule has 1 amide bonds. The summed E-state index contributed by atoms with van der Waals surface area (Å²) in [5.41, 5.74) is 7.50. The van der Waals surface area contributed by atoms with Gasteiger partial charge in [-0.05, 0) is 41.2 Å². The molecule has 0 unspecified atom stereocenters. The summed E-state index contributed by atoms with van der Waals surface area (Å²) in [6.45, 7) is 11.9. The molecule has 5 N–H and O–H groups in total. The van der Waals surface area contributed by atoms with E-state index in [4.69, 9.17) is 10.8 Å². The number of carbonyl (C=O) groups is 2. The van der Waals surface area contributed by atoms with Gasteiger partial charge in [0.15, 0.2) is 0 Å². The standard InChI is InChI=1S/C22H28N2O4/c1-21(2,3)15-10-13(11-16(18(15)25)22(4,5)6)24-19(26)14-8-7-12(20(27)28)9-17(14)23/h7-11,25H,23H2,1-6H3,(H,24,26)(H,27,28). The van der Waals surface area contributed by atoms with Crippen LogP contribution in [0, 0.1) is 0 Å². The fourth-order valence-electron chi connectivity index (χ4n) is 2.95. The van der Waals surface area contributed by atoms with Gasteiger partial charge in [0.1, 0.15) is 5.75 Å². The van der Waals surface area contributed by atoms with Gasteiger partial charge in [-0.25, -0.2) is 4.79 Å². The zero-order valence-electron chi connectivity index (χ0n) is 17.2. The largest absolute Gasteiger partial charge is 0.507 e. The van der Waals surface area contributed by atoms with Gasteiger partial charge in [-0.2, -0.15) is 0 Å². The van der Waals surface area contributed by atoms with Gasteiger partial charge in [0.2, 0.25) is 0 Å². The Bertz CT molecular complexity index is 900. The number of nitrogens with two attached hydrogens (primary N) is 1. The number of rotatable bonds is 3. The Morgan fingerprint density at radius 2 is 1.43 bits per heavy atom. The Morgan fingerprint density at radius 3 is 1.82 bits per heavy atom. The molecule has 0 heterocycles. The first kappa shape index (κ1) is 21.3. The fraction of sp³-hybridized carbons (Fsp3) is 0.364. The molecule has 0 radical (unpaired) electrons. The van der Waals surface area contributed by atoms with Crippen LogP contribution in [0.2, 0.25) is 0 Å². The Labute approximate surface area is 165 Å². The van der Waals surface area contributed by atoms with E-state index >= 15 is 0 Å². The lowest BCUT2D eigenvalue weighted by Crippen LogP contribution is -2.20. The molecule has 6 nitrogen and oxygen atoms in total. The molecule has 0 fully saturated rings. The van der Waals surface area contributed by atoms with Crippen molar-refractivity contribution < 1.29 is 19.8 Å². The van der Waals surface area contributed by atoms with Crippen LogP contribution in [0.3, 0.4) is 0 Å². The summed E-state index contributed by atoms with van der Waals surface area (Å²) in [5.74, 6) is -1.33. The second-order valence-corrected chi connectivity index (χ2v) is 8.98. The molecule has 6 heteroatoms. The van der Waals surface area contributed by atoms with Crippen molar-refractivity contribution in [3.8, 4) is 5.75 Å². The number of benzene rings is 2. The van der Waals surface area contributed by atoms with Gasteiger partial charge in [0, 0.05) is 22.5 Å². The normalized spacial score (nSPS) is 11.9. The zero-order valence-corrected chi connectivity index (χ0v) is 17.2. The predicted molar refractivity (Wildman–Crippen MR) is 111 cm³/mol. The SMILES string of the molecule is CC(C)(C)c1cc(NC(=O)c2ccc(C(=O)O)cc2N)cc(C(C)(C)C)c1O. The van der Waals surface area contributed by atoms with Gasteiger partial charge in [0.05, 0.1) is 11.1 Å². The van der Waals surface area contributed by atoms with Gasteiger partial charge in [-0.1, -0.05) is 41.5 Å². The van der Waals surface area contributed by atoms with Crippen molar-refractivity contribution in [2.24, 2.45) is 0 Å². The number of phenolic OH excluding ortho intramolecular Hbond substituents is 1. The number of nitrogen functional groups attached to an aromatic ring is 1. The quantitative estimate of drug-likeness (QED) is 0.459. The number of hydrogen-bond donors (Lipinski definition) is 4. The molecule has 150 valence electrons. The Morgan fingerprint density at radius 1 is 0.929 bits per heavy atom. The highest BCUT2D eigenvalue weighted by Gasteiger charge is 2.27. The summed E-state index contributed by atoms with van der Waals surface area (Å²) in [4.78, 5) is 23.8. The maximum absolute atomic E-state index is 12.7. The van der Waals surface area contributed by atoms with Crippen LogP contribution in [-0.2, 0) is 10.8 Å². The van der Waals surface area contributed by atoms with Crippen LogP contribution in [0.1, 0.15) is 73.4 Å². The van der Waals surface area contributed by atoms with E-state index in [2.05, 4.69) is 5.32 Å². The highest BCUT2D eigenvalue weighted by Crippen LogP contribution is 2.41. The fourth-order valence-corrected chi connectivity index (χ4v) is 2.95. The van der Waals surface area contributed by atoms with Crippen molar-refractivity contribution in [2.45, 2.75) is 52.4 Å². The number of nitrogens with one attached hydrogen (secondary N) is 1. The lowest BCUT2D eigenvalue weighted by molar-refractivity contribution is 0.0696. The topological polar surface area (TPSA) is 113 Å². The second kappa shape index (κ2) is 7.19. The molecule has 0 saturated heterocycles. The van der Waals surface area contributed by atoms with Crippen LogP contribution >= 0.6 is 0 Å². The molecule has 0 bridgehead atoms. The minimum Gasteiger partial charge on any atom is -0.507 e. The van der Waals surface area contributed by atoms with E-state index in [1.54, 1.807) is 12.1 Å². The van der Waals surface area contributed by atoms with Gasteiger partial charge in [-0.3, -0.25) is 4.79 Å². The molecule has 0 aromatic heterocycles. The molecule has 0 aliphatic heterocycles. The van der Waals surface area contributed by atoms with Crippen molar-refractivity contribution in [3.05, 3.63) is 52.6 Å². The molecule has 0 saturated carbocycles. The van der Waals surface area contributed by atoms with Crippen LogP contribution in [0.15, 0.2) is 30.3 Å². The Balaban J connectivity index is 2.48. The van der Waals surface area contributed by atoms with Crippen molar-refractivity contribution in [1.29, 1.82) is 0 Å². The summed E-state index contributed by atoms with van der Waals surface area (Å²) in [5, 5.41) is 22.6.